The molecule has 0 aliphatic rings. The summed E-state index contributed by atoms with van der Waals surface area (Å²) >= 11 is 3.24. The topological polar surface area (TPSA) is 57.0 Å². The lowest BCUT2D eigenvalue weighted by Crippen LogP contribution is -2.31. The molecule has 2 rings (SSSR count). The van der Waals surface area contributed by atoms with E-state index in [4.69, 9.17) is 5.26 Å². The van der Waals surface area contributed by atoms with Crippen molar-refractivity contribution in [2.75, 3.05) is 6.54 Å². The number of pyridine rings is 1. The van der Waals surface area contributed by atoms with Crippen molar-refractivity contribution >= 4 is 21.8 Å². The van der Waals surface area contributed by atoms with Crippen molar-refractivity contribution in [3.8, 4) is 6.07 Å². The molecule has 1 heterocycles. The number of nitrogens with zero attached hydrogens (tertiary/aromatic N) is 3. The summed E-state index contributed by atoms with van der Waals surface area (Å²) in [7, 11) is 0. The van der Waals surface area contributed by atoms with Gasteiger partial charge in [0.2, 0.25) is 0 Å². The minimum absolute atomic E-state index is 0.0297. The number of hydrogen-bond acceptors (Lipinski definition) is 3. The molecule has 100 valence electrons. The third-order valence-electron chi connectivity index (χ3n) is 2.70. The average Bonchev–Trinajstić information content (AvgIpc) is 2.47. The quantitative estimate of drug-likeness (QED) is 0.640. The van der Waals surface area contributed by atoms with Crippen LogP contribution < -0.4 is 0 Å². The number of amides is 1. The van der Waals surface area contributed by atoms with Crippen molar-refractivity contribution in [3.63, 3.8) is 0 Å². The summed E-state index contributed by atoms with van der Waals surface area (Å²) in [5.74, 6) is -0.253. The third kappa shape index (κ3) is 3.65. The van der Waals surface area contributed by atoms with Crippen LogP contribution in [0.2, 0.25) is 0 Å². The van der Waals surface area contributed by atoms with E-state index in [9.17, 15) is 4.79 Å². The van der Waals surface area contributed by atoms with Gasteiger partial charge >= 0.3 is 0 Å². The van der Waals surface area contributed by atoms with Gasteiger partial charge in [-0.3, -0.25) is 4.79 Å². The van der Waals surface area contributed by atoms with Gasteiger partial charge in [-0.05, 0) is 33.6 Å². The molecule has 1 amide bonds. The van der Waals surface area contributed by atoms with Crippen LogP contribution in [0.3, 0.4) is 0 Å². The Morgan fingerprint density at radius 1 is 1.20 bits per heavy atom. The number of aromatic nitrogens is 1. The van der Waals surface area contributed by atoms with Crippen LogP contribution in [-0.2, 0) is 6.54 Å². The van der Waals surface area contributed by atoms with Crippen LogP contribution in [-0.4, -0.2) is 22.3 Å². The highest BCUT2D eigenvalue weighted by molar-refractivity contribution is 9.10. The van der Waals surface area contributed by atoms with Crippen LogP contribution in [0.4, 0.5) is 0 Å². The fraction of sp³-hybridized carbons (Fsp3) is 0.133. The summed E-state index contributed by atoms with van der Waals surface area (Å²) in [6, 6.07) is 16.7. The Balaban J connectivity index is 2.20. The van der Waals surface area contributed by atoms with E-state index in [2.05, 4.69) is 20.9 Å². The number of carbonyl (C=O) groups is 1. The number of hydrogen-bond donors (Lipinski definition) is 0. The smallest absolute Gasteiger partial charge is 0.273 e. The van der Waals surface area contributed by atoms with Crippen molar-refractivity contribution in [2.24, 2.45) is 0 Å². The number of carbonyl (C=O) groups excluding carboxylic acids is 1. The maximum Gasteiger partial charge on any atom is 0.273 e. The number of benzene rings is 1. The summed E-state index contributed by atoms with van der Waals surface area (Å²) in [5.41, 5.74) is 1.30. The van der Waals surface area contributed by atoms with Gasteiger partial charge in [-0.1, -0.05) is 36.4 Å². The van der Waals surface area contributed by atoms with Crippen LogP contribution in [0.15, 0.2) is 53.1 Å². The predicted octanol–water partition coefficient (Wildman–Crippen LogP) is 3.01. The molecule has 4 nitrogen and oxygen atoms in total. The lowest BCUT2D eigenvalue weighted by molar-refractivity contribution is 0.0759. The number of rotatable bonds is 4. The van der Waals surface area contributed by atoms with Crippen LogP contribution in [0.5, 0.6) is 0 Å². The second-order valence-electron chi connectivity index (χ2n) is 4.15. The summed E-state index contributed by atoms with van der Waals surface area (Å²) in [5, 5.41) is 8.89. The molecule has 0 unspecified atom stereocenters. The Kier molecular flexibility index (Phi) is 4.85. The molecule has 0 fully saturated rings. The zero-order valence-corrected chi connectivity index (χ0v) is 12.2. The predicted molar refractivity (Wildman–Crippen MR) is 78.7 cm³/mol. The molecule has 20 heavy (non-hydrogen) atoms. The van der Waals surface area contributed by atoms with Crippen molar-refractivity contribution in [1.29, 1.82) is 5.26 Å². The molecule has 0 atom stereocenters. The Morgan fingerprint density at radius 2 is 1.95 bits per heavy atom. The lowest BCUT2D eigenvalue weighted by Gasteiger charge is -2.19. The van der Waals surface area contributed by atoms with E-state index in [-0.39, 0.29) is 12.5 Å². The molecule has 2 aromatic rings. The molecule has 0 aliphatic carbocycles. The highest BCUT2D eigenvalue weighted by Gasteiger charge is 2.17. The first-order valence-electron chi connectivity index (χ1n) is 6.03. The van der Waals surface area contributed by atoms with Crippen LogP contribution in [0.25, 0.3) is 0 Å². The van der Waals surface area contributed by atoms with Crippen molar-refractivity contribution in [2.45, 2.75) is 6.54 Å². The Hall–Kier alpha value is -2.19. The normalized spacial score (nSPS) is 9.80. The van der Waals surface area contributed by atoms with Gasteiger partial charge in [-0.2, -0.15) is 5.26 Å². The van der Waals surface area contributed by atoms with Gasteiger partial charge in [-0.25, -0.2) is 4.98 Å². The number of nitriles is 1. The summed E-state index contributed by atoms with van der Waals surface area (Å²) in [6.07, 6.45) is 0. The first-order valence-corrected chi connectivity index (χ1v) is 6.82. The molecular formula is C15H12BrN3O. The Labute approximate surface area is 125 Å². The molecule has 0 bridgehead atoms. The van der Waals surface area contributed by atoms with E-state index in [1.165, 1.54) is 4.90 Å². The first-order chi connectivity index (χ1) is 9.70. The molecule has 0 radical (unpaired) electrons. The Bertz CT molecular complexity index is 637. The van der Waals surface area contributed by atoms with Gasteiger partial charge in [0.25, 0.3) is 5.91 Å². The van der Waals surface area contributed by atoms with Gasteiger partial charge in [0.05, 0.1) is 6.07 Å². The van der Waals surface area contributed by atoms with Gasteiger partial charge in [-0.15, -0.1) is 0 Å². The first kappa shape index (κ1) is 14.2. The largest absolute Gasteiger partial charge is 0.320 e. The van der Waals surface area contributed by atoms with Crippen molar-refractivity contribution in [3.05, 3.63) is 64.4 Å². The van der Waals surface area contributed by atoms with Gasteiger partial charge in [0.15, 0.2) is 0 Å². The maximum absolute atomic E-state index is 12.4. The molecule has 0 aliphatic heterocycles. The summed E-state index contributed by atoms with van der Waals surface area (Å²) in [4.78, 5) is 18.0. The van der Waals surface area contributed by atoms with Crippen LogP contribution >= 0.6 is 15.9 Å². The molecule has 5 heteroatoms. The number of halogens is 1. The standard InChI is InChI=1S/C15H12BrN3O/c16-14-8-4-7-13(18-14)15(20)19(10-9-17)11-12-5-2-1-3-6-12/h1-8H,10-11H2. The molecular weight excluding hydrogens is 318 g/mol. The van der Waals surface area contributed by atoms with Crippen LogP contribution in [0.1, 0.15) is 16.1 Å². The highest BCUT2D eigenvalue weighted by atomic mass is 79.9. The van der Waals surface area contributed by atoms with E-state index in [1.54, 1.807) is 18.2 Å². The fourth-order valence-electron chi connectivity index (χ4n) is 1.78. The van der Waals surface area contributed by atoms with E-state index in [1.807, 2.05) is 36.4 Å². The van der Waals surface area contributed by atoms with E-state index in [0.29, 0.717) is 16.8 Å². The third-order valence-corrected chi connectivity index (χ3v) is 3.14. The van der Waals surface area contributed by atoms with Gasteiger partial charge < -0.3 is 4.90 Å². The second-order valence-corrected chi connectivity index (χ2v) is 4.96. The molecule has 0 saturated heterocycles. The summed E-state index contributed by atoms with van der Waals surface area (Å²) < 4.78 is 0.597. The van der Waals surface area contributed by atoms with E-state index < -0.39 is 0 Å². The average molecular weight is 330 g/mol. The highest BCUT2D eigenvalue weighted by Crippen LogP contribution is 2.11. The second kappa shape index (κ2) is 6.83. The summed E-state index contributed by atoms with van der Waals surface area (Å²) in [6.45, 7) is 0.420. The van der Waals surface area contributed by atoms with Crippen LogP contribution in [0, 0.1) is 11.3 Å². The minimum Gasteiger partial charge on any atom is -0.320 e. The molecule has 0 spiro atoms. The van der Waals surface area contributed by atoms with Gasteiger partial charge in [0.1, 0.15) is 16.8 Å². The molecule has 1 aromatic carbocycles. The SMILES string of the molecule is N#CCN(Cc1ccccc1)C(=O)c1cccc(Br)n1. The zero-order valence-electron chi connectivity index (χ0n) is 10.7. The zero-order chi connectivity index (χ0) is 14.4. The van der Waals surface area contributed by atoms with E-state index in [0.717, 1.165) is 5.56 Å². The van der Waals surface area contributed by atoms with Crippen molar-refractivity contribution < 1.29 is 4.79 Å². The lowest BCUT2D eigenvalue weighted by atomic mass is 10.2. The fourth-order valence-corrected chi connectivity index (χ4v) is 2.12. The minimum atomic E-state index is -0.253. The molecule has 1 aromatic heterocycles. The van der Waals surface area contributed by atoms with E-state index >= 15 is 0 Å². The van der Waals surface area contributed by atoms with Gasteiger partial charge in [0, 0.05) is 6.54 Å². The molecule has 0 N–H and O–H groups in total. The maximum atomic E-state index is 12.4. The molecule has 0 saturated carbocycles. The monoisotopic (exact) mass is 329 g/mol. The van der Waals surface area contributed by atoms with Crippen molar-refractivity contribution in [1.82, 2.24) is 9.88 Å². The Morgan fingerprint density at radius 3 is 2.60 bits per heavy atom.